The minimum absolute atomic E-state index is 0.159. The van der Waals surface area contributed by atoms with Gasteiger partial charge in [0, 0.05) is 5.02 Å². The van der Waals surface area contributed by atoms with Gasteiger partial charge in [-0.3, -0.25) is 4.79 Å². The fourth-order valence-corrected chi connectivity index (χ4v) is 3.67. The molecule has 1 N–H and O–H groups in total. The number of carbonyl (C=O) groups is 2. The summed E-state index contributed by atoms with van der Waals surface area (Å²) in [5.41, 5.74) is 1.08. The SMILES string of the molecule is N#C/C(=C\c1cccc(OC(=O)c2cccc3ccccc23)c1)C(=O)Nc1cc(Cl)ccc1Cl. The summed E-state index contributed by atoms with van der Waals surface area (Å²) in [6.07, 6.45) is 1.39. The number of rotatable bonds is 5. The number of nitrogens with one attached hydrogen (secondary N) is 1. The quantitative estimate of drug-likeness (QED) is 0.144. The Balaban J connectivity index is 1.55. The number of nitriles is 1. The molecule has 0 spiro atoms. The van der Waals surface area contributed by atoms with E-state index in [-0.39, 0.29) is 22.0 Å². The molecule has 34 heavy (non-hydrogen) atoms. The Hall–Kier alpha value is -4.11. The number of ether oxygens (including phenoxy) is 1. The molecule has 7 heteroatoms. The van der Waals surface area contributed by atoms with Crippen molar-refractivity contribution in [3.05, 3.63) is 112 Å². The van der Waals surface area contributed by atoms with Crippen molar-refractivity contribution in [1.82, 2.24) is 0 Å². The van der Waals surface area contributed by atoms with Crippen molar-refractivity contribution in [1.29, 1.82) is 5.26 Å². The number of benzene rings is 4. The van der Waals surface area contributed by atoms with Gasteiger partial charge in [-0.1, -0.05) is 71.7 Å². The number of hydrogen-bond donors (Lipinski definition) is 1. The molecule has 0 aliphatic carbocycles. The second-order valence-corrected chi connectivity index (χ2v) is 8.08. The molecular weight excluding hydrogens is 471 g/mol. The monoisotopic (exact) mass is 486 g/mol. The van der Waals surface area contributed by atoms with Gasteiger partial charge in [0.05, 0.1) is 16.3 Å². The summed E-state index contributed by atoms with van der Waals surface area (Å²) < 4.78 is 5.57. The summed E-state index contributed by atoms with van der Waals surface area (Å²) in [5.74, 6) is -0.876. The molecular formula is C27H16Cl2N2O3. The fourth-order valence-electron chi connectivity index (χ4n) is 3.33. The lowest BCUT2D eigenvalue weighted by Crippen LogP contribution is -2.13. The van der Waals surface area contributed by atoms with Crippen molar-refractivity contribution in [3.63, 3.8) is 0 Å². The van der Waals surface area contributed by atoms with Crippen LogP contribution in [0.15, 0.2) is 90.5 Å². The first-order valence-corrected chi connectivity index (χ1v) is 10.9. The molecule has 0 heterocycles. The van der Waals surface area contributed by atoms with Crippen molar-refractivity contribution < 1.29 is 14.3 Å². The van der Waals surface area contributed by atoms with E-state index in [0.29, 0.717) is 16.1 Å². The van der Waals surface area contributed by atoms with E-state index in [0.717, 1.165) is 10.8 Å². The van der Waals surface area contributed by atoms with E-state index in [1.54, 1.807) is 48.5 Å². The zero-order valence-electron chi connectivity index (χ0n) is 17.6. The van der Waals surface area contributed by atoms with Gasteiger partial charge < -0.3 is 10.1 Å². The van der Waals surface area contributed by atoms with Crippen molar-refractivity contribution in [3.8, 4) is 11.8 Å². The van der Waals surface area contributed by atoms with E-state index in [4.69, 9.17) is 27.9 Å². The van der Waals surface area contributed by atoms with Gasteiger partial charge in [0.25, 0.3) is 5.91 Å². The molecule has 0 fully saturated rings. The van der Waals surface area contributed by atoms with Crippen LogP contribution in [0.25, 0.3) is 16.8 Å². The summed E-state index contributed by atoms with van der Waals surface area (Å²) >= 11 is 12.0. The highest BCUT2D eigenvalue weighted by atomic mass is 35.5. The zero-order valence-corrected chi connectivity index (χ0v) is 19.1. The summed E-state index contributed by atoms with van der Waals surface area (Å²) in [7, 11) is 0. The van der Waals surface area contributed by atoms with E-state index >= 15 is 0 Å². The Labute approximate surface area is 205 Å². The molecule has 4 rings (SSSR count). The van der Waals surface area contributed by atoms with Gasteiger partial charge in [0.1, 0.15) is 17.4 Å². The lowest BCUT2D eigenvalue weighted by Gasteiger charge is -2.09. The molecule has 0 atom stereocenters. The Bertz CT molecular complexity index is 1480. The molecule has 0 aliphatic heterocycles. The lowest BCUT2D eigenvalue weighted by atomic mass is 10.0. The molecule has 0 unspecified atom stereocenters. The molecule has 0 bridgehead atoms. The summed E-state index contributed by atoms with van der Waals surface area (Å²) in [5, 5.41) is 14.5. The van der Waals surface area contributed by atoms with E-state index in [9.17, 15) is 14.9 Å². The second kappa shape index (κ2) is 10.2. The molecule has 0 saturated heterocycles. The molecule has 1 amide bonds. The number of hydrogen-bond acceptors (Lipinski definition) is 4. The van der Waals surface area contributed by atoms with E-state index in [1.165, 1.54) is 12.1 Å². The highest BCUT2D eigenvalue weighted by molar-refractivity contribution is 6.36. The molecule has 5 nitrogen and oxygen atoms in total. The first-order valence-electron chi connectivity index (χ1n) is 10.1. The van der Waals surface area contributed by atoms with Gasteiger partial charge in [-0.2, -0.15) is 5.26 Å². The molecule has 4 aromatic carbocycles. The molecule has 0 aliphatic rings. The van der Waals surface area contributed by atoms with Gasteiger partial charge in [0.2, 0.25) is 0 Å². The van der Waals surface area contributed by atoms with Crippen LogP contribution in [0.1, 0.15) is 15.9 Å². The number of amides is 1. The van der Waals surface area contributed by atoms with Crippen molar-refractivity contribution >= 4 is 57.6 Å². The number of anilines is 1. The first-order chi connectivity index (χ1) is 16.4. The maximum atomic E-state index is 12.8. The van der Waals surface area contributed by atoms with Gasteiger partial charge in [0.15, 0.2) is 0 Å². The Kier molecular flexibility index (Phi) is 6.93. The van der Waals surface area contributed by atoms with Crippen molar-refractivity contribution in [2.75, 3.05) is 5.32 Å². The number of halogens is 2. The third-order valence-corrected chi connectivity index (χ3v) is 5.50. The van der Waals surface area contributed by atoms with Crippen LogP contribution in [-0.4, -0.2) is 11.9 Å². The van der Waals surface area contributed by atoms with Crippen LogP contribution in [0.2, 0.25) is 10.0 Å². The molecule has 0 saturated carbocycles. The predicted octanol–water partition coefficient (Wildman–Crippen LogP) is 6.91. The highest BCUT2D eigenvalue weighted by Crippen LogP contribution is 2.26. The largest absolute Gasteiger partial charge is 0.423 e. The van der Waals surface area contributed by atoms with Crippen LogP contribution >= 0.6 is 23.2 Å². The number of fused-ring (bicyclic) bond motifs is 1. The van der Waals surface area contributed by atoms with Gasteiger partial charge >= 0.3 is 5.97 Å². The molecule has 0 aromatic heterocycles. The van der Waals surface area contributed by atoms with Crippen molar-refractivity contribution in [2.24, 2.45) is 0 Å². The first kappa shape index (κ1) is 23.1. The maximum Gasteiger partial charge on any atom is 0.344 e. The Morgan fingerprint density at radius 3 is 2.50 bits per heavy atom. The number of carbonyl (C=O) groups excluding carboxylic acids is 2. The second-order valence-electron chi connectivity index (χ2n) is 7.24. The summed E-state index contributed by atoms with van der Waals surface area (Å²) in [6, 6.07) is 26.0. The predicted molar refractivity (Wildman–Crippen MR) is 134 cm³/mol. The molecule has 0 radical (unpaired) electrons. The fraction of sp³-hybridized carbons (Fsp3) is 0. The van der Waals surface area contributed by atoms with Crippen LogP contribution in [0.3, 0.4) is 0 Å². The standard InChI is InChI=1S/C27H16Cl2N2O3/c28-20-11-12-24(29)25(15-20)31-26(32)19(16-30)13-17-5-3-8-21(14-17)34-27(33)23-10-4-7-18-6-1-2-9-22(18)23/h1-15H,(H,31,32)/b19-13+. The highest BCUT2D eigenvalue weighted by Gasteiger charge is 2.14. The van der Waals surface area contributed by atoms with Gasteiger partial charge in [-0.15, -0.1) is 0 Å². The van der Waals surface area contributed by atoms with Crippen LogP contribution in [0.5, 0.6) is 5.75 Å². The van der Waals surface area contributed by atoms with Crippen LogP contribution in [0, 0.1) is 11.3 Å². The number of esters is 1. The Morgan fingerprint density at radius 1 is 0.912 bits per heavy atom. The Morgan fingerprint density at radius 2 is 1.68 bits per heavy atom. The minimum Gasteiger partial charge on any atom is -0.423 e. The third-order valence-electron chi connectivity index (χ3n) is 4.93. The zero-order chi connectivity index (χ0) is 24.1. The van der Waals surface area contributed by atoms with Crippen LogP contribution in [0.4, 0.5) is 5.69 Å². The minimum atomic E-state index is -0.648. The summed E-state index contributed by atoms with van der Waals surface area (Å²) in [6.45, 7) is 0. The summed E-state index contributed by atoms with van der Waals surface area (Å²) in [4.78, 5) is 25.4. The van der Waals surface area contributed by atoms with E-state index in [1.807, 2.05) is 36.4 Å². The normalized spacial score (nSPS) is 11.0. The van der Waals surface area contributed by atoms with Gasteiger partial charge in [-0.25, -0.2) is 4.79 Å². The number of nitrogens with zero attached hydrogens (tertiary/aromatic N) is 1. The van der Waals surface area contributed by atoms with E-state index in [2.05, 4.69) is 5.32 Å². The third kappa shape index (κ3) is 5.26. The lowest BCUT2D eigenvalue weighted by molar-refractivity contribution is -0.112. The van der Waals surface area contributed by atoms with Crippen LogP contribution < -0.4 is 10.1 Å². The van der Waals surface area contributed by atoms with Gasteiger partial charge in [-0.05, 0) is 58.8 Å². The molecule has 4 aromatic rings. The average molecular weight is 487 g/mol. The average Bonchev–Trinajstić information content (AvgIpc) is 2.84. The van der Waals surface area contributed by atoms with Crippen LogP contribution in [-0.2, 0) is 4.79 Å². The topological polar surface area (TPSA) is 79.2 Å². The smallest absolute Gasteiger partial charge is 0.344 e. The maximum absolute atomic E-state index is 12.8. The van der Waals surface area contributed by atoms with E-state index < -0.39 is 11.9 Å². The molecule has 166 valence electrons. The van der Waals surface area contributed by atoms with Crippen molar-refractivity contribution in [2.45, 2.75) is 0 Å².